The number of thiocarbonyl (C=S) groups is 1. The second-order valence-corrected chi connectivity index (χ2v) is 4.65. The Hall–Kier alpha value is -0.190. The van der Waals surface area contributed by atoms with Crippen LogP contribution in [0.1, 0.15) is 6.42 Å². The van der Waals surface area contributed by atoms with Gasteiger partial charge in [-0.25, -0.2) is 0 Å². The average Bonchev–Trinajstić information content (AvgIpc) is 2.16. The summed E-state index contributed by atoms with van der Waals surface area (Å²) in [5.41, 5.74) is 0. The van der Waals surface area contributed by atoms with Gasteiger partial charge in [-0.05, 0) is 7.05 Å². The molecule has 0 aliphatic carbocycles. The second kappa shape index (κ2) is 5.63. The molecule has 1 saturated heterocycles. The molecule has 3 nitrogen and oxygen atoms in total. The number of likely N-dealkylation sites (N-methyl/N-ethyl adjacent to an activating group) is 1. The van der Waals surface area contributed by atoms with Gasteiger partial charge >= 0.3 is 0 Å². The predicted octanol–water partition coefficient (Wildman–Crippen LogP) is 0.513. The van der Waals surface area contributed by atoms with Gasteiger partial charge in [-0.2, -0.15) is 0 Å². The fourth-order valence-corrected chi connectivity index (χ4v) is 1.64. The Morgan fingerprint density at radius 1 is 1.21 bits per heavy atom. The van der Waals surface area contributed by atoms with Crippen molar-refractivity contribution < 1.29 is 0 Å². The van der Waals surface area contributed by atoms with Crippen molar-refractivity contribution in [3.8, 4) is 0 Å². The highest BCUT2D eigenvalue weighted by molar-refractivity contribution is 7.80. The maximum atomic E-state index is 5.26. The second-order valence-electron chi connectivity index (χ2n) is 4.18. The molecule has 82 valence electrons. The van der Waals surface area contributed by atoms with E-state index in [0.717, 1.165) is 18.0 Å². The van der Waals surface area contributed by atoms with Crippen molar-refractivity contribution in [2.45, 2.75) is 6.42 Å². The lowest BCUT2D eigenvalue weighted by atomic mass is 10.3. The smallest absolute Gasteiger partial charge is 0.0786 e. The Morgan fingerprint density at radius 2 is 1.79 bits per heavy atom. The molecule has 0 aromatic heterocycles. The first-order valence-corrected chi connectivity index (χ1v) is 5.61. The van der Waals surface area contributed by atoms with Crippen LogP contribution in [-0.2, 0) is 0 Å². The summed E-state index contributed by atoms with van der Waals surface area (Å²) < 4.78 is 0. The molecule has 1 heterocycles. The van der Waals surface area contributed by atoms with Crippen molar-refractivity contribution >= 4 is 17.2 Å². The van der Waals surface area contributed by atoms with Crippen LogP contribution in [0.3, 0.4) is 0 Å². The van der Waals surface area contributed by atoms with Gasteiger partial charge in [0.15, 0.2) is 0 Å². The summed E-state index contributed by atoms with van der Waals surface area (Å²) in [4.78, 5) is 7.96. The Balaban J connectivity index is 2.16. The van der Waals surface area contributed by atoms with E-state index >= 15 is 0 Å². The molecule has 0 bridgehead atoms. The summed E-state index contributed by atoms with van der Waals surface area (Å²) in [6.45, 7) is 5.87. The van der Waals surface area contributed by atoms with Crippen LogP contribution >= 0.6 is 12.2 Å². The molecule has 1 fully saturated rings. The largest absolute Gasteiger partial charge is 0.372 e. The minimum absolute atomic E-state index is 1.02. The fraction of sp³-hybridized carbons (Fsp3) is 0.900. The summed E-state index contributed by atoms with van der Waals surface area (Å²) in [6, 6.07) is 0. The zero-order chi connectivity index (χ0) is 10.6. The minimum atomic E-state index is 1.02. The molecule has 0 unspecified atom stereocenters. The molecule has 0 radical (unpaired) electrons. The van der Waals surface area contributed by atoms with E-state index in [1.807, 2.05) is 19.0 Å². The van der Waals surface area contributed by atoms with Gasteiger partial charge in [-0.15, -0.1) is 0 Å². The molecule has 1 aliphatic rings. The molecule has 4 heteroatoms. The van der Waals surface area contributed by atoms with Gasteiger partial charge in [0.25, 0.3) is 0 Å². The van der Waals surface area contributed by atoms with Crippen LogP contribution in [0.25, 0.3) is 0 Å². The summed E-state index contributed by atoms with van der Waals surface area (Å²) in [7, 11) is 6.22. The van der Waals surface area contributed by atoms with Gasteiger partial charge in [0.2, 0.25) is 0 Å². The molecule has 1 aliphatic heterocycles. The highest BCUT2D eigenvalue weighted by atomic mass is 32.1. The van der Waals surface area contributed by atoms with Crippen LogP contribution in [-0.4, -0.2) is 73.6 Å². The quantitative estimate of drug-likeness (QED) is 0.635. The molecule has 0 saturated carbocycles. The third-order valence-corrected chi connectivity index (χ3v) is 3.31. The lowest BCUT2D eigenvalue weighted by Gasteiger charge is -2.32. The van der Waals surface area contributed by atoms with Gasteiger partial charge < -0.3 is 14.7 Å². The molecule has 1 rings (SSSR count). The molecule has 0 N–H and O–H groups in total. The summed E-state index contributed by atoms with van der Waals surface area (Å²) in [5, 5.41) is 0. The number of hydrogen-bond acceptors (Lipinski definition) is 3. The van der Waals surface area contributed by atoms with Crippen LogP contribution in [0, 0.1) is 0 Å². The molecular weight excluding hydrogens is 194 g/mol. The first-order chi connectivity index (χ1) is 6.59. The Kier molecular flexibility index (Phi) is 4.78. The van der Waals surface area contributed by atoms with Crippen LogP contribution in [0.5, 0.6) is 0 Å². The third-order valence-electron chi connectivity index (χ3n) is 2.74. The van der Waals surface area contributed by atoms with E-state index in [-0.39, 0.29) is 0 Å². The van der Waals surface area contributed by atoms with Crippen molar-refractivity contribution in [1.29, 1.82) is 0 Å². The topological polar surface area (TPSA) is 9.72 Å². The Labute approximate surface area is 92.7 Å². The number of piperazine rings is 1. The minimum Gasteiger partial charge on any atom is -0.372 e. The predicted molar refractivity (Wildman–Crippen MR) is 64.8 cm³/mol. The van der Waals surface area contributed by atoms with Crippen LogP contribution in [0.15, 0.2) is 0 Å². The van der Waals surface area contributed by atoms with Gasteiger partial charge in [-0.3, -0.25) is 0 Å². The Bertz CT molecular complexity index is 186. The molecule has 0 aromatic rings. The van der Waals surface area contributed by atoms with Crippen LogP contribution < -0.4 is 0 Å². The fourth-order valence-electron chi connectivity index (χ4n) is 1.55. The summed E-state index contributed by atoms with van der Waals surface area (Å²) >= 11 is 5.26. The lowest BCUT2D eigenvalue weighted by Crippen LogP contribution is -2.45. The molecule has 0 aromatic carbocycles. The SMILES string of the molecule is CN1CCN(CCC(=S)N(C)C)CC1. The van der Waals surface area contributed by atoms with Gasteiger partial charge in [0, 0.05) is 53.2 Å². The first kappa shape index (κ1) is 11.9. The monoisotopic (exact) mass is 215 g/mol. The van der Waals surface area contributed by atoms with E-state index in [0.29, 0.717) is 0 Å². The molecule has 14 heavy (non-hydrogen) atoms. The van der Waals surface area contributed by atoms with Crippen molar-refractivity contribution in [3.05, 3.63) is 0 Å². The Morgan fingerprint density at radius 3 is 2.29 bits per heavy atom. The van der Waals surface area contributed by atoms with Crippen molar-refractivity contribution in [2.24, 2.45) is 0 Å². The highest BCUT2D eigenvalue weighted by Gasteiger charge is 2.13. The maximum Gasteiger partial charge on any atom is 0.0786 e. The summed E-state index contributed by atoms with van der Waals surface area (Å²) in [5.74, 6) is 0. The van der Waals surface area contributed by atoms with Crippen molar-refractivity contribution in [1.82, 2.24) is 14.7 Å². The van der Waals surface area contributed by atoms with E-state index in [4.69, 9.17) is 12.2 Å². The van der Waals surface area contributed by atoms with E-state index < -0.39 is 0 Å². The van der Waals surface area contributed by atoms with Crippen molar-refractivity contribution in [3.63, 3.8) is 0 Å². The van der Waals surface area contributed by atoms with E-state index in [1.54, 1.807) is 0 Å². The van der Waals surface area contributed by atoms with Gasteiger partial charge in [0.1, 0.15) is 0 Å². The lowest BCUT2D eigenvalue weighted by molar-refractivity contribution is 0.157. The van der Waals surface area contributed by atoms with Crippen molar-refractivity contribution in [2.75, 3.05) is 53.9 Å². The maximum absolute atomic E-state index is 5.26. The molecular formula is C10H21N3S. The van der Waals surface area contributed by atoms with E-state index in [1.165, 1.54) is 26.2 Å². The van der Waals surface area contributed by atoms with E-state index in [9.17, 15) is 0 Å². The molecule has 0 amide bonds. The number of nitrogens with zero attached hydrogens (tertiary/aromatic N) is 3. The van der Waals surface area contributed by atoms with Gasteiger partial charge in [-0.1, -0.05) is 12.2 Å². The number of rotatable bonds is 3. The van der Waals surface area contributed by atoms with Gasteiger partial charge in [0.05, 0.1) is 4.99 Å². The first-order valence-electron chi connectivity index (χ1n) is 5.20. The summed E-state index contributed by atoms with van der Waals surface area (Å²) in [6.07, 6.45) is 1.02. The van der Waals surface area contributed by atoms with E-state index in [2.05, 4.69) is 16.8 Å². The third kappa shape index (κ3) is 3.90. The zero-order valence-electron chi connectivity index (χ0n) is 9.49. The normalized spacial score (nSPS) is 19.6. The standard InChI is InChI=1S/C10H21N3S/c1-11(2)10(14)4-5-13-8-6-12(3)7-9-13/h4-9H2,1-3H3. The zero-order valence-corrected chi connectivity index (χ0v) is 10.3. The van der Waals surface area contributed by atoms with Crippen LogP contribution in [0.4, 0.5) is 0 Å². The highest BCUT2D eigenvalue weighted by Crippen LogP contribution is 2.01. The average molecular weight is 215 g/mol. The number of hydrogen-bond donors (Lipinski definition) is 0. The van der Waals surface area contributed by atoms with Crippen LogP contribution in [0.2, 0.25) is 0 Å². The molecule has 0 spiro atoms. The molecule has 0 atom stereocenters.